The van der Waals surface area contributed by atoms with Crippen LogP contribution in [0.4, 0.5) is 11.5 Å². The van der Waals surface area contributed by atoms with Crippen molar-refractivity contribution in [1.82, 2.24) is 9.97 Å². The molecule has 0 aromatic carbocycles. The molecule has 0 radical (unpaired) electrons. The van der Waals surface area contributed by atoms with Gasteiger partial charge in [-0.05, 0) is 37.3 Å². The maximum atomic E-state index is 6.01. The fourth-order valence-corrected chi connectivity index (χ4v) is 2.43. The Labute approximate surface area is 112 Å². The first-order chi connectivity index (χ1) is 8.58. The summed E-state index contributed by atoms with van der Waals surface area (Å²) in [5.41, 5.74) is 7.34. The summed E-state index contributed by atoms with van der Waals surface area (Å²) in [5.74, 6) is 1.34. The molecular formula is C12H19ClN4O. The van der Waals surface area contributed by atoms with Gasteiger partial charge in [0.15, 0.2) is 5.82 Å². The number of aromatic nitrogens is 2. The minimum absolute atomic E-state index is 0.246. The van der Waals surface area contributed by atoms with Crippen LogP contribution in [0.1, 0.15) is 18.5 Å². The summed E-state index contributed by atoms with van der Waals surface area (Å²) in [4.78, 5) is 10.3. The molecule has 0 spiro atoms. The Morgan fingerprint density at radius 1 is 1.39 bits per heavy atom. The fourth-order valence-electron chi connectivity index (χ4n) is 2.23. The Morgan fingerprint density at radius 3 is 2.72 bits per heavy atom. The van der Waals surface area contributed by atoms with Gasteiger partial charge in [-0.1, -0.05) is 0 Å². The first-order valence-electron chi connectivity index (χ1n) is 6.16. The minimum Gasteiger partial charge on any atom is -0.394 e. The molecule has 6 heteroatoms. The van der Waals surface area contributed by atoms with Crippen LogP contribution in [0, 0.1) is 12.8 Å². The first-order valence-corrected chi connectivity index (χ1v) is 6.54. The van der Waals surface area contributed by atoms with Gasteiger partial charge in [0.2, 0.25) is 5.28 Å². The van der Waals surface area contributed by atoms with E-state index in [2.05, 4.69) is 14.9 Å². The van der Waals surface area contributed by atoms with E-state index in [1.54, 1.807) is 0 Å². The molecule has 0 atom stereocenters. The van der Waals surface area contributed by atoms with Crippen molar-refractivity contribution in [2.24, 2.45) is 5.92 Å². The second-order valence-electron chi connectivity index (χ2n) is 4.75. The van der Waals surface area contributed by atoms with Crippen LogP contribution in [0.2, 0.25) is 5.28 Å². The summed E-state index contributed by atoms with van der Waals surface area (Å²) in [6, 6.07) is 0. The second kappa shape index (κ2) is 5.71. The molecule has 2 heterocycles. The molecule has 0 unspecified atom stereocenters. The van der Waals surface area contributed by atoms with Gasteiger partial charge in [-0.15, -0.1) is 0 Å². The highest BCUT2D eigenvalue weighted by Crippen LogP contribution is 2.26. The zero-order valence-electron chi connectivity index (χ0n) is 10.8. The summed E-state index contributed by atoms with van der Waals surface area (Å²) >= 11 is 5.88. The Morgan fingerprint density at radius 2 is 2.06 bits per heavy atom. The van der Waals surface area contributed by atoms with Crippen molar-refractivity contribution >= 4 is 23.1 Å². The lowest BCUT2D eigenvalue weighted by atomic mass is 10.00. The molecule has 5 nitrogen and oxygen atoms in total. The molecule has 1 aliphatic rings. The van der Waals surface area contributed by atoms with Crippen molar-refractivity contribution in [3.63, 3.8) is 0 Å². The molecule has 0 aliphatic carbocycles. The molecule has 1 aromatic rings. The number of anilines is 2. The van der Waals surface area contributed by atoms with E-state index in [1.165, 1.54) is 0 Å². The zero-order valence-corrected chi connectivity index (χ0v) is 11.6. The second-order valence-corrected chi connectivity index (χ2v) is 5.09. The molecule has 1 saturated heterocycles. The number of hydrogen-bond acceptors (Lipinski definition) is 5. The van der Waals surface area contributed by atoms with Gasteiger partial charge < -0.3 is 15.4 Å². The van der Waals surface area contributed by atoms with Crippen molar-refractivity contribution in [1.29, 1.82) is 0 Å². The Hall–Kier alpha value is -1.07. The molecule has 2 rings (SSSR count). The van der Waals surface area contributed by atoms with Gasteiger partial charge in [0, 0.05) is 26.8 Å². The highest BCUT2D eigenvalue weighted by atomic mass is 35.5. The van der Waals surface area contributed by atoms with Crippen molar-refractivity contribution in [2.45, 2.75) is 19.8 Å². The van der Waals surface area contributed by atoms with E-state index in [0.717, 1.165) is 44.1 Å². The van der Waals surface area contributed by atoms with Crippen LogP contribution in [0.25, 0.3) is 0 Å². The first kappa shape index (κ1) is 13.4. The Kier molecular flexibility index (Phi) is 4.24. The summed E-state index contributed by atoms with van der Waals surface area (Å²) in [6.45, 7) is 4.45. The highest BCUT2D eigenvalue weighted by Gasteiger charge is 2.19. The molecule has 1 aliphatic heterocycles. The van der Waals surface area contributed by atoms with Crippen molar-refractivity contribution in [2.75, 3.05) is 37.4 Å². The summed E-state index contributed by atoms with van der Waals surface area (Å²) < 4.78 is 5.36. The van der Waals surface area contributed by atoms with E-state index in [-0.39, 0.29) is 5.28 Å². The van der Waals surface area contributed by atoms with Crippen LogP contribution in [-0.4, -0.2) is 36.8 Å². The van der Waals surface area contributed by atoms with Gasteiger partial charge in [0.1, 0.15) is 0 Å². The van der Waals surface area contributed by atoms with Crippen LogP contribution in [0.15, 0.2) is 0 Å². The van der Waals surface area contributed by atoms with Gasteiger partial charge in [-0.25, -0.2) is 4.98 Å². The number of nitrogen functional groups attached to an aromatic ring is 1. The predicted molar refractivity (Wildman–Crippen MR) is 73.0 cm³/mol. The monoisotopic (exact) mass is 270 g/mol. The van der Waals surface area contributed by atoms with E-state index in [4.69, 9.17) is 22.1 Å². The third-order valence-corrected chi connectivity index (χ3v) is 3.49. The highest BCUT2D eigenvalue weighted by molar-refractivity contribution is 6.28. The van der Waals surface area contributed by atoms with Crippen LogP contribution < -0.4 is 10.6 Å². The topological polar surface area (TPSA) is 64.3 Å². The normalized spacial score (nSPS) is 16.8. The largest absolute Gasteiger partial charge is 0.394 e. The average Bonchev–Trinajstić information content (AvgIpc) is 2.35. The minimum atomic E-state index is 0.246. The maximum Gasteiger partial charge on any atom is 0.224 e. The number of rotatable bonds is 3. The van der Waals surface area contributed by atoms with Crippen molar-refractivity contribution < 1.29 is 4.74 Å². The zero-order chi connectivity index (χ0) is 13.1. The van der Waals surface area contributed by atoms with Crippen LogP contribution in [-0.2, 0) is 4.74 Å². The number of halogens is 1. The van der Waals surface area contributed by atoms with Crippen molar-refractivity contribution in [3.8, 4) is 0 Å². The maximum absolute atomic E-state index is 6.01. The molecule has 0 saturated carbocycles. The molecular weight excluding hydrogens is 252 g/mol. The van der Waals surface area contributed by atoms with Crippen LogP contribution in [0.5, 0.6) is 0 Å². The smallest absolute Gasteiger partial charge is 0.224 e. The third kappa shape index (κ3) is 3.03. The third-order valence-electron chi connectivity index (χ3n) is 3.32. The van der Waals surface area contributed by atoms with Gasteiger partial charge in [0.25, 0.3) is 0 Å². The molecule has 0 amide bonds. The van der Waals surface area contributed by atoms with Gasteiger partial charge >= 0.3 is 0 Å². The van der Waals surface area contributed by atoms with E-state index < -0.39 is 0 Å². The van der Waals surface area contributed by atoms with Crippen LogP contribution >= 0.6 is 11.6 Å². The van der Waals surface area contributed by atoms with Crippen molar-refractivity contribution in [3.05, 3.63) is 11.0 Å². The molecule has 0 bridgehead atoms. The van der Waals surface area contributed by atoms with E-state index in [0.29, 0.717) is 11.6 Å². The fraction of sp³-hybridized carbons (Fsp3) is 0.667. The number of ether oxygens (including phenoxy) is 1. The quantitative estimate of drug-likeness (QED) is 0.850. The lowest BCUT2D eigenvalue weighted by molar-refractivity contribution is 0.0685. The lowest BCUT2D eigenvalue weighted by Crippen LogP contribution is -2.30. The Balaban J connectivity index is 2.10. The van der Waals surface area contributed by atoms with E-state index in [9.17, 15) is 0 Å². The molecule has 100 valence electrons. The predicted octanol–water partition coefficient (Wildman–Crippen LogP) is 1.88. The van der Waals surface area contributed by atoms with Gasteiger partial charge in [-0.3, -0.25) is 0 Å². The Bertz CT molecular complexity index is 421. The van der Waals surface area contributed by atoms with E-state index in [1.807, 2.05) is 14.0 Å². The number of nitrogens with zero attached hydrogens (tertiary/aromatic N) is 3. The summed E-state index contributed by atoms with van der Waals surface area (Å²) in [7, 11) is 1.99. The van der Waals surface area contributed by atoms with Gasteiger partial charge in [0.05, 0.1) is 11.4 Å². The summed E-state index contributed by atoms with van der Waals surface area (Å²) in [5, 5.41) is 0.246. The molecule has 1 aromatic heterocycles. The molecule has 1 fully saturated rings. The standard InChI is InChI=1S/C12H19ClN4O/c1-8-10(14)11(16-12(13)15-8)17(2)7-9-3-5-18-6-4-9/h9H,3-7,14H2,1-2H3. The number of hydrogen-bond donors (Lipinski definition) is 1. The van der Waals surface area contributed by atoms with Crippen LogP contribution in [0.3, 0.4) is 0 Å². The van der Waals surface area contributed by atoms with E-state index >= 15 is 0 Å². The number of aryl methyl sites for hydroxylation is 1. The SMILES string of the molecule is Cc1nc(Cl)nc(N(C)CC2CCOCC2)c1N. The number of nitrogens with two attached hydrogens (primary N) is 1. The van der Waals surface area contributed by atoms with Gasteiger partial charge in [-0.2, -0.15) is 4.98 Å². The average molecular weight is 271 g/mol. The molecule has 2 N–H and O–H groups in total. The molecule has 18 heavy (non-hydrogen) atoms. The lowest BCUT2D eigenvalue weighted by Gasteiger charge is -2.28. The summed E-state index contributed by atoms with van der Waals surface area (Å²) in [6.07, 6.45) is 2.17.